The predicted octanol–water partition coefficient (Wildman–Crippen LogP) is -0.831. The van der Waals surface area contributed by atoms with Gasteiger partial charge in [-0.05, 0) is 0 Å². The van der Waals surface area contributed by atoms with Crippen LogP contribution in [0.5, 0.6) is 0 Å². The second kappa shape index (κ2) is 6.24. The number of amides is 1. The molecule has 0 aliphatic heterocycles. The predicted molar refractivity (Wildman–Crippen MR) is 56.2 cm³/mol. The maximum atomic E-state index is 11.3. The van der Waals surface area contributed by atoms with E-state index < -0.39 is 23.4 Å². The van der Waals surface area contributed by atoms with Gasteiger partial charge in [-0.1, -0.05) is 13.8 Å². The van der Waals surface area contributed by atoms with Gasteiger partial charge in [0.15, 0.2) is 0 Å². The number of methoxy groups -OCH3 is 1. The molecule has 0 rings (SSSR count). The molecule has 0 aliphatic carbocycles. The summed E-state index contributed by atoms with van der Waals surface area (Å²) < 4.78 is 4.30. The first-order chi connectivity index (χ1) is 7.35. The van der Waals surface area contributed by atoms with Crippen molar-refractivity contribution in [1.29, 1.82) is 0 Å². The highest BCUT2D eigenvalue weighted by atomic mass is 16.5. The molecule has 0 aromatic heterocycles. The van der Waals surface area contributed by atoms with Gasteiger partial charge in [-0.3, -0.25) is 4.79 Å². The van der Waals surface area contributed by atoms with Gasteiger partial charge in [0.25, 0.3) is 5.91 Å². The summed E-state index contributed by atoms with van der Waals surface area (Å²) in [6.07, 6.45) is 0.723. The Morgan fingerprint density at radius 3 is 2.50 bits per heavy atom. The van der Waals surface area contributed by atoms with Crippen LogP contribution in [0.4, 0.5) is 0 Å². The van der Waals surface area contributed by atoms with Gasteiger partial charge in [0, 0.05) is 17.7 Å². The van der Waals surface area contributed by atoms with E-state index >= 15 is 0 Å². The Bertz CT molecular complexity index is 285. The summed E-state index contributed by atoms with van der Waals surface area (Å²) in [6.45, 7) is 2.75. The number of hydrogen-bond acceptors (Lipinski definition) is 5. The summed E-state index contributed by atoms with van der Waals surface area (Å²) in [4.78, 5) is 22.0. The van der Waals surface area contributed by atoms with Crippen molar-refractivity contribution < 1.29 is 24.5 Å². The highest BCUT2D eigenvalue weighted by Gasteiger charge is 2.32. The third kappa shape index (κ3) is 4.41. The maximum Gasteiger partial charge on any atom is 0.331 e. The molecule has 0 saturated carbocycles. The Hall–Kier alpha value is -1.40. The molecule has 0 aliphatic rings. The molecule has 1 amide bonds. The van der Waals surface area contributed by atoms with E-state index in [2.05, 4.69) is 10.1 Å². The van der Waals surface area contributed by atoms with Gasteiger partial charge in [-0.2, -0.15) is 0 Å². The van der Waals surface area contributed by atoms with Crippen LogP contribution in [0.1, 0.15) is 13.8 Å². The van der Waals surface area contributed by atoms with E-state index in [1.54, 1.807) is 13.8 Å². The van der Waals surface area contributed by atoms with Crippen molar-refractivity contribution in [1.82, 2.24) is 5.32 Å². The third-order valence-electron chi connectivity index (χ3n) is 2.04. The molecule has 92 valence electrons. The number of rotatable bonds is 5. The minimum absolute atomic E-state index is 0.331. The van der Waals surface area contributed by atoms with Crippen molar-refractivity contribution in [3.63, 3.8) is 0 Å². The fourth-order valence-electron chi connectivity index (χ4n) is 0.780. The van der Waals surface area contributed by atoms with E-state index in [4.69, 9.17) is 5.11 Å². The molecule has 6 nitrogen and oxygen atoms in total. The van der Waals surface area contributed by atoms with Gasteiger partial charge in [-0.15, -0.1) is 0 Å². The maximum absolute atomic E-state index is 11.3. The first kappa shape index (κ1) is 14.6. The standard InChI is InChI=1S/C10H17NO5/c1-10(2,6-12)8(14)9(15)11-5-4-7(13)16-3/h4-5,8,12,14H,6H2,1-3H3,(H,11,15)/b5-4-/t8-/m1/s1. The molecule has 3 N–H and O–H groups in total. The lowest BCUT2D eigenvalue weighted by molar-refractivity contribution is -0.136. The fourth-order valence-corrected chi connectivity index (χ4v) is 0.780. The molecular weight excluding hydrogens is 214 g/mol. The molecule has 0 unspecified atom stereocenters. The molecule has 0 aromatic carbocycles. The molecule has 0 spiro atoms. The van der Waals surface area contributed by atoms with Gasteiger partial charge in [0.1, 0.15) is 6.10 Å². The molecule has 0 aromatic rings. The van der Waals surface area contributed by atoms with Crippen molar-refractivity contribution in [2.24, 2.45) is 5.41 Å². The van der Waals surface area contributed by atoms with Crippen LogP contribution in [0.15, 0.2) is 12.3 Å². The second-order valence-electron chi connectivity index (χ2n) is 3.91. The lowest BCUT2D eigenvalue weighted by Crippen LogP contribution is -2.44. The average molecular weight is 231 g/mol. The van der Waals surface area contributed by atoms with Crippen molar-refractivity contribution in [2.45, 2.75) is 20.0 Å². The SMILES string of the molecule is COC(=O)/C=C\NC(=O)[C@@H](O)C(C)(C)CO. The number of aliphatic hydroxyl groups excluding tert-OH is 2. The van der Waals surface area contributed by atoms with E-state index in [0.29, 0.717) is 0 Å². The van der Waals surface area contributed by atoms with E-state index in [1.165, 1.54) is 7.11 Å². The van der Waals surface area contributed by atoms with Gasteiger partial charge in [-0.25, -0.2) is 4.79 Å². The zero-order chi connectivity index (χ0) is 12.8. The van der Waals surface area contributed by atoms with Crippen LogP contribution in [0.25, 0.3) is 0 Å². The summed E-state index contributed by atoms with van der Waals surface area (Å²) in [5.74, 6) is -1.31. The molecule has 0 radical (unpaired) electrons. The smallest absolute Gasteiger partial charge is 0.331 e. The van der Waals surface area contributed by atoms with Crippen molar-refractivity contribution in [3.05, 3.63) is 12.3 Å². The largest absolute Gasteiger partial charge is 0.466 e. The van der Waals surface area contributed by atoms with E-state index in [0.717, 1.165) is 12.3 Å². The Balaban J connectivity index is 4.27. The monoisotopic (exact) mass is 231 g/mol. The number of carbonyl (C=O) groups is 2. The topological polar surface area (TPSA) is 95.9 Å². The summed E-state index contributed by atoms with van der Waals surface area (Å²) in [7, 11) is 1.21. The normalized spacial score (nSPS) is 13.6. The zero-order valence-corrected chi connectivity index (χ0v) is 9.56. The van der Waals surface area contributed by atoms with Crippen molar-refractivity contribution >= 4 is 11.9 Å². The number of hydrogen-bond donors (Lipinski definition) is 3. The molecule has 1 atom stereocenters. The Morgan fingerprint density at radius 2 is 2.06 bits per heavy atom. The highest BCUT2D eigenvalue weighted by Crippen LogP contribution is 2.19. The molecule has 0 saturated heterocycles. The van der Waals surface area contributed by atoms with Crippen LogP contribution >= 0.6 is 0 Å². The fraction of sp³-hybridized carbons (Fsp3) is 0.600. The third-order valence-corrected chi connectivity index (χ3v) is 2.04. The van der Waals surface area contributed by atoms with E-state index in [9.17, 15) is 14.7 Å². The van der Waals surface area contributed by atoms with Crippen molar-refractivity contribution in [3.8, 4) is 0 Å². The minimum Gasteiger partial charge on any atom is -0.466 e. The molecule has 0 bridgehead atoms. The van der Waals surface area contributed by atoms with Crippen molar-refractivity contribution in [2.75, 3.05) is 13.7 Å². The van der Waals surface area contributed by atoms with Crippen LogP contribution in [0.2, 0.25) is 0 Å². The molecule has 0 fully saturated rings. The lowest BCUT2D eigenvalue weighted by atomic mass is 9.87. The van der Waals surface area contributed by atoms with Gasteiger partial charge < -0.3 is 20.3 Å². The number of carbonyl (C=O) groups excluding carboxylic acids is 2. The number of aliphatic hydroxyl groups is 2. The second-order valence-corrected chi connectivity index (χ2v) is 3.91. The van der Waals surface area contributed by atoms with Crippen LogP contribution in [0.3, 0.4) is 0 Å². The summed E-state index contributed by atoms with van der Waals surface area (Å²) >= 11 is 0. The van der Waals surface area contributed by atoms with Crippen LogP contribution < -0.4 is 5.32 Å². The first-order valence-corrected chi connectivity index (χ1v) is 4.69. The summed E-state index contributed by atoms with van der Waals surface area (Å²) in [6, 6.07) is 0. The zero-order valence-electron chi connectivity index (χ0n) is 9.56. The van der Waals surface area contributed by atoms with Gasteiger partial charge in [0.2, 0.25) is 0 Å². The number of ether oxygens (including phenoxy) is 1. The van der Waals surface area contributed by atoms with Gasteiger partial charge >= 0.3 is 5.97 Å². The first-order valence-electron chi connectivity index (χ1n) is 4.69. The van der Waals surface area contributed by atoms with Crippen LogP contribution in [-0.4, -0.2) is 41.9 Å². The number of nitrogens with one attached hydrogen (secondary N) is 1. The highest BCUT2D eigenvalue weighted by molar-refractivity contribution is 5.85. The Kier molecular flexibility index (Phi) is 5.69. The Labute approximate surface area is 93.9 Å². The summed E-state index contributed by atoms with van der Waals surface area (Å²) in [5.41, 5.74) is -0.941. The quantitative estimate of drug-likeness (QED) is 0.424. The lowest BCUT2D eigenvalue weighted by Gasteiger charge is -2.26. The molecule has 6 heteroatoms. The number of esters is 1. The molecule has 16 heavy (non-hydrogen) atoms. The summed E-state index contributed by atoms with van der Waals surface area (Å²) in [5, 5.41) is 20.7. The Morgan fingerprint density at radius 1 is 1.50 bits per heavy atom. The minimum atomic E-state index is -1.36. The molecule has 0 heterocycles. The molecular formula is C10H17NO5. The van der Waals surface area contributed by atoms with Crippen LogP contribution in [-0.2, 0) is 14.3 Å². The van der Waals surface area contributed by atoms with E-state index in [1.807, 2.05) is 0 Å². The van der Waals surface area contributed by atoms with Gasteiger partial charge in [0.05, 0.1) is 13.7 Å². The van der Waals surface area contributed by atoms with E-state index in [-0.39, 0.29) is 6.61 Å². The average Bonchev–Trinajstić information content (AvgIpc) is 2.27. The van der Waals surface area contributed by atoms with Crippen LogP contribution in [0, 0.1) is 5.41 Å².